The van der Waals surface area contributed by atoms with Gasteiger partial charge in [-0.25, -0.2) is 9.97 Å². The summed E-state index contributed by atoms with van der Waals surface area (Å²) < 4.78 is 47.9. The van der Waals surface area contributed by atoms with Crippen LogP contribution in [0.5, 0.6) is 5.75 Å². The molecule has 1 fully saturated rings. The molecule has 9 nitrogen and oxygen atoms in total. The van der Waals surface area contributed by atoms with Crippen molar-refractivity contribution < 1.29 is 32.2 Å². The molecule has 1 aromatic heterocycles. The molecular weight excluding hydrogens is 479 g/mol. The molecule has 0 unspecified atom stereocenters. The van der Waals surface area contributed by atoms with Gasteiger partial charge < -0.3 is 20.1 Å². The summed E-state index contributed by atoms with van der Waals surface area (Å²) >= 11 is 0. The number of nitrogens with zero attached hydrogens (tertiary/aromatic N) is 3. The number of benzene rings is 2. The Morgan fingerprint density at radius 1 is 0.972 bits per heavy atom. The minimum Gasteiger partial charge on any atom is -0.404 e. The number of alkyl halides is 3. The van der Waals surface area contributed by atoms with Crippen molar-refractivity contribution in [3.63, 3.8) is 0 Å². The van der Waals surface area contributed by atoms with Crippen LogP contribution in [0.25, 0.3) is 11.1 Å². The van der Waals surface area contributed by atoms with Gasteiger partial charge in [0.15, 0.2) is 5.75 Å². The molecule has 2 amide bonds. The number of carbonyl (C=O) groups excluding carboxylic acids is 2. The summed E-state index contributed by atoms with van der Waals surface area (Å²) in [5.41, 5.74) is 1.87. The van der Waals surface area contributed by atoms with Crippen LogP contribution in [0, 0.1) is 0 Å². The van der Waals surface area contributed by atoms with E-state index in [9.17, 15) is 22.8 Å². The van der Waals surface area contributed by atoms with Gasteiger partial charge in [0.05, 0.1) is 25.4 Å². The Kier molecular flexibility index (Phi) is 7.76. The number of hydrogen-bond acceptors (Lipinski definition) is 7. The number of rotatable bonds is 7. The van der Waals surface area contributed by atoms with Crippen LogP contribution < -0.4 is 15.4 Å². The first kappa shape index (κ1) is 25.1. The van der Waals surface area contributed by atoms with E-state index in [2.05, 4.69) is 25.3 Å². The highest BCUT2D eigenvalue weighted by Crippen LogP contribution is 2.31. The smallest absolute Gasteiger partial charge is 0.404 e. The van der Waals surface area contributed by atoms with Gasteiger partial charge in [0.25, 0.3) is 5.91 Å². The predicted octanol–water partition coefficient (Wildman–Crippen LogP) is 3.57. The molecular formula is C24H22F3N5O4. The second-order valence-electron chi connectivity index (χ2n) is 7.85. The van der Waals surface area contributed by atoms with Crippen LogP contribution >= 0.6 is 0 Å². The fourth-order valence-electron chi connectivity index (χ4n) is 3.53. The molecule has 1 aliphatic rings. The molecule has 4 rings (SSSR count). The number of carbonyl (C=O) groups is 2. The third-order valence-corrected chi connectivity index (χ3v) is 5.25. The number of morpholine rings is 1. The number of amides is 2. The summed E-state index contributed by atoms with van der Waals surface area (Å²) in [6, 6.07) is 10.2. The molecule has 0 radical (unpaired) electrons. The van der Waals surface area contributed by atoms with E-state index in [1.54, 1.807) is 36.7 Å². The van der Waals surface area contributed by atoms with Crippen molar-refractivity contribution in [2.24, 2.45) is 0 Å². The zero-order chi connectivity index (χ0) is 25.5. The molecule has 1 aliphatic heterocycles. The van der Waals surface area contributed by atoms with Crippen molar-refractivity contribution in [3.8, 4) is 16.9 Å². The van der Waals surface area contributed by atoms with Crippen LogP contribution in [-0.4, -0.2) is 65.9 Å². The van der Waals surface area contributed by atoms with Gasteiger partial charge in [0.1, 0.15) is 6.33 Å². The Labute approximate surface area is 204 Å². The number of anilines is 2. The third kappa shape index (κ3) is 6.99. The van der Waals surface area contributed by atoms with Gasteiger partial charge in [-0.2, -0.15) is 0 Å². The van der Waals surface area contributed by atoms with Crippen molar-refractivity contribution in [2.45, 2.75) is 6.36 Å². The number of aromatic nitrogens is 2. The highest BCUT2D eigenvalue weighted by Gasteiger charge is 2.32. The van der Waals surface area contributed by atoms with Crippen LogP contribution in [0.3, 0.4) is 0 Å². The molecule has 0 spiro atoms. The van der Waals surface area contributed by atoms with Gasteiger partial charge in [0, 0.05) is 42.3 Å². The van der Waals surface area contributed by atoms with E-state index in [1.165, 1.54) is 12.4 Å². The first-order valence-corrected chi connectivity index (χ1v) is 10.9. The van der Waals surface area contributed by atoms with Gasteiger partial charge in [-0.05, 0) is 35.9 Å². The molecule has 3 aromatic rings. The Balaban J connectivity index is 1.48. The lowest BCUT2D eigenvalue weighted by molar-refractivity contribution is -0.274. The van der Waals surface area contributed by atoms with Crippen LogP contribution in [0.2, 0.25) is 0 Å². The van der Waals surface area contributed by atoms with Gasteiger partial charge in [-0.1, -0.05) is 12.1 Å². The molecule has 1 saturated heterocycles. The molecule has 12 heteroatoms. The zero-order valence-corrected chi connectivity index (χ0v) is 18.9. The summed E-state index contributed by atoms with van der Waals surface area (Å²) in [5, 5.41) is 5.11. The molecule has 0 saturated carbocycles. The molecule has 36 heavy (non-hydrogen) atoms. The van der Waals surface area contributed by atoms with E-state index < -0.39 is 23.9 Å². The van der Waals surface area contributed by atoms with Crippen molar-refractivity contribution in [1.82, 2.24) is 14.9 Å². The molecule has 0 aliphatic carbocycles. The summed E-state index contributed by atoms with van der Waals surface area (Å²) in [6.45, 7) is 1.94. The fraction of sp³-hybridized carbons (Fsp3) is 0.250. The molecule has 188 valence electrons. The third-order valence-electron chi connectivity index (χ3n) is 5.25. The normalized spacial score (nSPS) is 14.2. The lowest BCUT2D eigenvalue weighted by Crippen LogP contribution is -2.41. The van der Waals surface area contributed by atoms with Crippen molar-refractivity contribution >= 4 is 23.2 Å². The maximum absolute atomic E-state index is 12.9. The predicted molar refractivity (Wildman–Crippen MR) is 124 cm³/mol. The Hall–Kier alpha value is -4.03. The largest absolute Gasteiger partial charge is 0.573 e. The standard InChI is InChI=1S/C24H22F3N5O4/c25-24(26,27)36-21-6-3-17(11-20(21)31-22(33)14-32-7-9-35-10-8-32)23(34)30-19-4-1-16(2-5-19)18-12-28-15-29-13-18/h1-6,11-13,15H,7-10,14H2,(H,30,34)(H,31,33). The van der Waals surface area contributed by atoms with Crippen LogP contribution in [-0.2, 0) is 9.53 Å². The van der Waals surface area contributed by atoms with Crippen LogP contribution in [0.15, 0.2) is 61.2 Å². The Morgan fingerprint density at radius 3 is 2.33 bits per heavy atom. The van der Waals surface area contributed by atoms with E-state index in [0.717, 1.165) is 23.3 Å². The van der Waals surface area contributed by atoms with Crippen molar-refractivity contribution in [3.05, 3.63) is 66.7 Å². The first-order chi connectivity index (χ1) is 17.3. The number of halogens is 3. The van der Waals surface area contributed by atoms with Crippen LogP contribution in [0.4, 0.5) is 24.5 Å². The average molecular weight is 501 g/mol. The van der Waals surface area contributed by atoms with Gasteiger partial charge in [-0.3, -0.25) is 14.5 Å². The number of ether oxygens (including phenoxy) is 2. The van der Waals surface area contributed by atoms with E-state index in [4.69, 9.17) is 4.74 Å². The van der Waals surface area contributed by atoms with Gasteiger partial charge in [0.2, 0.25) is 5.91 Å². The number of nitrogens with one attached hydrogen (secondary N) is 2. The molecule has 2 N–H and O–H groups in total. The summed E-state index contributed by atoms with van der Waals surface area (Å²) in [4.78, 5) is 35.0. The van der Waals surface area contributed by atoms with Gasteiger partial charge >= 0.3 is 6.36 Å². The Morgan fingerprint density at radius 2 is 1.67 bits per heavy atom. The summed E-state index contributed by atoms with van der Waals surface area (Å²) in [6.07, 6.45) is -0.248. The molecule has 0 atom stereocenters. The Bertz CT molecular complexity index is 1200. The zero-order valence-electron chi connectivity index (χ0n) is 18.9. The van der Waals surface area contributed by atoms with Gasteiger partial charge in [-0.15, -0.1) is 13.2 Å². The van der Waals surface area contributed by atoms with Crippen molar-refractivity contribution in [1.29, 1.82) is 0 Å². The maximum atomic E-state index is 12.9. The second kappa shape index (κ2) is 11.1. The fourth-order valence-corrected chi connectivity index (χ4v) is 3.53. The monoisotopic (exact) mass is 501 g/mol. The lowest BCUT2D eigenvalue weighted by Gasteiger charge is -2.26. The first-order valence-electron chi connectivity index (χ1n) is 10.9. The lowest BCUT2D eigenvalue weighted by atomic mass is 10.1. The van der Waals surface area contributed by atoms with E-state index >= 15 is 0 Å². The molecule has 2 aromatic carbocycles. The van der Waals surface area contributed by atoms with E-state index in [-0.39, 0.29) is 17.8 Å². The number of hydrogen-bond donors (Lipinski definition) is 2. The quantitative estimate of drug-likeness (QED) is 0.510. The highest BCUT2D eigenvalue weighted by atomic mass is 19.4. The summed E-state index contributed by atoms with van der Waals surface area (Å²) in [7, 11) is 0. The average Bonchev–Trinajstić information content (AvgIpc) is 2.86. The second-order valence-corrected chi connectivity index (χ2v) is 7.85. The molecule has 0 bridgehead atoms. The van der Waals surface area contributed by atoms with E-state index in [0.29, 0.717) is 32.0 Å². The minimum absolute atomic E-state index is 0.0340. The maximum Gasteiger partial charge on any atom is 0.573 e. The SMILES string of the molecule is O=C(CN1CCOCC1)Nc1cc(C(=O)Nc2ccc(-c3cncnc3)cc2)ccc1OC(F)(F)F. The minimum atomic E-state index is -4.97. The molecule has 2 heterocycles. The van der Waals surface area contributed by atoms with Crippen LogP contribution in [0.1, 0.15) is 10.4 Å². The topological polar surface area (TPSA) is 106 Å². The summed E-state index contributed by atoms with van der Waals surface area (Å²) in [5.74, 6) is -1.74. The van der Waals surface area contributed by atoms with E-state index in [1.807, 2.05) is 4.90 Å². The van der Waals surface area contributed by atoms with Crippen molar-refractivity contribution in [2.75, 3.05) is 43.5 Å². The highest BCUT2D eigenvalue weighted by molar-refractivity contribution is 6.06.